The molecular weight excluding hydrogens is 267 g/mol. The zero-order valence-electron chi connectivity index (χ0n) is 12.6. The summed E-state index contributed by atoms with van der Waals surface area (Å²) >= 11 is 0. The molecule has 1 heterocycles. The van der Waals surface area contributed by atoms with Gasteiger partial charge < -0.3 is 10.1 Å². The highest BCUT2D eigenvalue weighted by Crippen LogP contribution is 2.39. The second-order valence-electron chi connectivity index (χ2n) is 5.52. The van der Waals surface area contributed by atoms with Crippen molar-refractivity contribution in [1.29, 1.82) is 0 Å². The molecule has 0 spiro atoms. The fraction of sp³-hybridized carbons (Fsp3) is 0.471. The zero-order chi connectivity index (χ0) is 14.8. The number of benzene rings is 1. The van der Waals surface area contributed by atoms with Crippen LogP contribution in [-0.2, 0) is 12.8 Å². The minimum atomic E-state index is -0.279. The summed E-state index contributed by atoms with van der Waals surface area (Å²) in [7, 11) is 1.62. The van der Waals surface area contributed by atoms with Crippen molar-refractivity contribution in [3.05, 3.63) is 29.2 Å². The van der Waals surface area contributed by atoms with Crippen LogP contribution in [0.3, 0.4) is 0 Å². The molecule has 4 heteroatoms. The summed E-state index contributed by atoms with van der Waals surface area (Å²) in [6.45, 7) is 2.99. The molecule has 0 aliphatic heterocycles. The number of aromatic nitrogens is 1. The van der Waals surface area contributed by atoms with Crippen molar-refractivity contribution >= 4 is 16.6 Å². The molecular formula is C17H21FN2O. The maximum atomic E-state index is 14.2. The molecule has 112 valence electrons. The van der Waals surface area contributed by atoms with Crippen LogP contribution in [0.25, 0.3) is 10.9 Å². The molecule has 0 unspecified atom stereocenters. The molecule has 1 aromatic carbocycles. The van der Waals surface area contributed by atoms with Gasteiger partial charge in [-0.3, -0.25) is 0 Å². The van der Waals surface area contributed by atoms with Crippen LogP contribution >= 0.6 is 0 Å². The third-order valence-corrected chi connectivity index (χ3v) is 4.10. The Morgan fingerprint density at radius 3 is 2.86 bits per heavy atom. The van der Waals surface area contributed by atoms with Gasteiger partial charge in [0.1, 0.15) is 17.1 Å². The summed E-state index contributed by atoms with van der Waals surface area (Å²) < 4.78 is 19.7. The molecule has 1 aromatic heterocycles. The van der Waals surface area contributed by atoms with Crippen molar-refractivity contribution in [1.82, 2.24) is 4.98 Å². The number of hydrogen-bond donors (Lipinski definition) is 1. The number of aryl methyl sites for hydroxylation is 1. The minimum absolute atomic E-state index is 0.279. The second-order valence-corrected chi connectivity index (χ2v) is 5.52. The Bertz CT molecular complexity index is 670. The van der Waals surface area contributed by atoms with E-state index in [1.165, 1.54) is 18.1 Å². The van der Waals surface area contributed by atoms with Gasteiger partial charge >= 0.3 is 0 Å². The van der Waals surface area contributed by atoms with E-state index in [0.717, 1.165) is 49.0 Å². The summed E-state index contributed by atoms with van der Waals surface area (Å²) in [5, 5.41) is 4.26. The lowest BCUT2D eigenvalue weighted by Crippen LogP contribution is -2.12. The first-order valence-electron chi connectivity index (χ1n) is 7.68. The Labute approximate surface area is 124 Å². The van der Waals surface area contributed by atoms with Crippen LogP contribution < -0.4 is 10.1 Å². The topological polar surface area (TPSA) is 34.2 Å². The normalized spacial score (nSPS) is 14.0. The van der Waals surface area contributed by atoms with Crippen molar-refractivity contribution < 1.29 is 9.13 Å². The number of methoxy groups -OCH3 is 1. The van der Waals surface area contributed by atoms with Crippen LogP contribution in [-0.4, -0.2) is 18.6 Å². The van der Waals surface area contributed by atoms with Gasteiger partial charge in [0.25, 0.3) is 0 Å². The summed E-state index contributed by atoms with van der Waals surface area (Å²) in [6, 6.07) is 3.12. The maximum Gasteiger partial charge on any atom is 0.149 e. The van der Waals surface area contributed by atoms with Crippen LogP contribution in [0.1, 0.15) is 37.4 Å². The lowest BCUT2D eigenvalue weighted by molar-refractivity contribution is 0.419. The second kappa shape index (κ2) is 5.88. The Balaban J connectivity index is 2.31. The summed E-state index contributed by atoms with van der Waals surface area (Å²) in [6.07, 6.45) is 5.26. The van der Waals surface area contributed by atoms with E-state index in [4.69, 9.17) is 4.74 Å². The van der Waals surface area contributed by atoms with Crippen LogP contribution in [0.5, 0.6) is 5.75 Å². The van der Waals surface area contributed by atoms with Gasteiger partial charge in [-0.1, -0.05) is 6.92 Å². The number of ether oxygens (including phenoxy) is 1. The van der Waals surface area contributed by atoms with Crippen molar-refractivity contribution in [3.63, 3.8) is 0 Å². The van der Waals surface area contributed by atoms with Crippen LogP contribution in [0.15, 0.2) is 12.1 Å². The molecule has 0 radical (unpaired) electrons. The van der Waals surface area contributed by atoms with Gasteiger partial charge in [-0.25, -0.2) is 9.37 Å². The molecule has 1 N–H and O–H groups in total. The number of nitrogens with one attached hydrogen (secondary N) is 1. The molecule has 1 aliphatic carbocycles. The Morgan fingerprint density at radius 1 is 1.29 bits per heavy atom. The van der Waals surface area contributed by atoms with Crippen LogP contribution in [0.2, 0.25) is 0 Å². The molecule has 1 aliphatic rings. The van der Waals surface area contributed by atoms with E-state index in [1.807, 2.05) is 0 Å². The SMILES string of the molecule is CCCNc1c2c(nc3c(F)ccc(OC)c13)CCCC2. The molecule has 3 nitrogen and oxygen atoms in total. The molecule has 3 rings (SSSR count). The van der Waals surface area contributed by atoms with Crippen molar-refractivity contribution in [3.8, 4) is 5.75 Å². The summed E-state index contributed by atoms with van der Waals surface area (Å²) in [5.74, 6) is 0.407. The van der Waals surface area contributed by atoms with Gasteiger partial charge in [-0.05, 0) is 49.8 Å². The molecule has 0 fully saturated rings. The van der Waals surface area contributed by atoms with Gasteiger partial charge in [0.15, 0.2) is 0 Å². The number of hydrogen-bond acceptors (Lipinski definition) is 3. The Hall–Kier alpha value is -1.84. The van der Waals surface area contributed by atoms with Crippen LogP contribution in [0.4, 0.5) is 10.1 Å². The Kier molecular flexibility index (Phi) is 3.95. The smallest absolute Gasteiger partial charge is 0.149 e. The van der Waals surface area contributed by atoms with Gasteiger partial charge in [0.05, 0.1) is 18.2 Å². The number of rotatable bonds is 4. The number of fused-ring (bicyclic) bond motifs is 2. The van der Waals surface area contributed by atoms with E-state index in [2.05, 4.69) is 17.2 Å². The predicted octanol–water partition coefficient (Wildman–Crippen LogP) is 4.08. The molecule has 21 heavy (non-hydrogen) atoms. The summed E-state index contributed by atoms with van der Waals surface area (Å²) in [4.78, 5) is 4.60. The average Bonchev–Trinajstić information content (AvgIpc) is 2.52. The molecule has 0 amide bonds. The van der Waals surface area contributed by atoms with Crippen molar-refractivity contribution in [2.24, 2.45) is 0 Å². The lowest BCUT2D eigenvalue weighted by atomic mass is 9.92. The lowest BCUT2D eigenvalue weighted by Gasteiger charge is -2.22. The molecule has 0 saturated carbocycles. The van der Waals surface area contributed by atoms with E-state index in [0.29, 0.717) is 11.3 Å². The van der Waals surface area contributed by atoms with E-state index in [1.54, 1.807) is 13.2 Å². The van der Waals surface area contributed by atoms with E-state index in [-0.39, 0.29) is 5.82 Å². The summed E-state index contributed by atoms with van der Waals surface area (Å²) in [5.41, 5.74) is 3.73. The van der Waals surface area contributed by atoms with Crippen LogP contribution in [0, 0.1) is 5.82 Å². The molecule has 0 saturated heterocycles. The monoisotopic (exact) mass is 288 g/mol. The first-order valence-corrected chi connectivity index (χ1v) is 7.68. The van der Waals surface area contributed by atoms with Crippen molar-refractivity contribution in [2.75, 3.05) is 19.0 Å². The van der Waals surface area contributed by atoms with E-state index in [9.17, 15) is 4.39 Å². The number of pyridine rings is 1. The molecule has 2 aromatic rings. The standard InChI is InChI=1S/C17H21FN2O/c1-3-10-19-16-11-6-4-5-7-13(11)20-17-12(18)8-9-14(21-2)15(16)17/h8-9H,3-7,10H2,1-2H3,(H,19,20). The maximum absolute atomic E-state index is 14.2. The van der Waals surface area contributed by atoms with Gasteiger partial charge in [-0.2, -0.15) is 0 Å². The minimum Gasteiger partial charge on any atom is -0.496 e. The largest absolute Gasteiger partial charge is 0.496 e. The fourth-order valence-corrected chi connectivity index (χ4v) is 3.08. The van der Waals surface area contributed by atoms with Gasteiger partial charge in [0.2, 0.25) is 0 Å². The first kappa shape index (κ1) is 14.1. The van der Waals surface area contributed by atoms with Crippen molar-refractivity contribution in [2.45, 2.75) is 39.0 Å². The van der Waals surface area contributed by atoms with Gasteiger partial charge in [0, 0.05) is 12.2 Å². The highest BCUT2D eigenvalue weighted by atomic mass is 19.1. The van der Waals surface area contributed by atoms with E-state index < -0.39 is 0 Å². The third-order valence-electron chi connectivity index (χ3n) is 4.10. The average molecular weight is 288 g/mol. The van der Waals surface area contributed by atoms with E-state index >= 15 is 0 Å². The predicted molar refractivity (Wildman–Crippen MR) is 83.7 cm³/mol. The number of halogens is 1. The fourth-order valence-electron chi connectivity index (χ4n) is 3.08. The highest BCUT2D eigenvalue weighted by molar-refractivity contribution is 5.98. The number of anilines is 1. The quantitative estimate of drug-likeness (QED) is 0.920. The Morgan fingerprint density at radius 2 is 2.10 bits per heavy atom. The van der Waals surface area contributed by atoms with Gasteiger partial charge in [-0.15, -0.1) is 0 Å². The first-order chi connectivity index (χ1) is 10.3. The highest BCUT2D eigenvalue weighted by Gasteiger charge is 2.21. The number of nitrogens with zero attached hydrogens (tertiary/aromatic N) is 1. The zero-order valence-corrected chi connectivity index (χ0v) is 12.6. The molecule has 0 atom stereocenters. The molecule has 0 bridgehead atoms. The third kappa shape index (κ3) is 2.43.